The normalized spacial score (nSPS) is 12.8. The lowest BCUT2D eigenvalue weighted by atomic mass is 9.96. The Morgan fingerprint density at radius 2 is 1.87 bits per heavy atom. The number of nitrogens with two attached hydrogens (primary N) is 1. The number of benzene rings is 2. The van der Waals surface area contributed by atoms with Gasteiger partial charge in [0, 0.05) is 16.1 Å². The van der Waals surface area contributed by atoms with Crippen molar-refractivity contribution >= 4 is 44.8 Å². The number of carbonyl (C=O) groups is 1. The summed E-state index contributed by atoms with van der Waals surface area (Å²) in [6, 6.07) is 17.4. The third-order valence-corrected chi connectivity index (χ3v) is 6.77. The maximum Gasteiger partial charge on any atom is 0.350 e. The molecular weight excluding hydrogens is 416 g/mol. The van der Waals surface area contributed by atoms with Crippen LogP contribution in [0.3, 0.4) is 0 Å². The van der Waals surface area contributed by atoms with Crippen molar-refractivity contribution < 1.29 is 9.53 Å². The standard InChI is InChI=1S/C24H19ClN2O2S/c25-16-11-9-15(10-12-16)19-17-7-4-8-18(17)27-23-20(19)21(26)22(30-23)24(28)29-13-14-5-2-1-3-6-14/h1-3,5-6,9-12H,4,7-8,13,26H2. The lowest BCUT2D eigenvalue weighted by molar-refractivity contribution is 0.0480. The number of thiophene rings is 1. The number of anilines is 1. The Kier molecular flexibility index (Phi) is 4.93. The average Bonchev–Trinajstić information content (AvgIpc) is 3.36. The highest BCUT2D eigenvalue weighted by Crippen LogP contribution is 2.44. The fourth-order valence-corrected chi connectivity index (χ4v) is 5.16. The van der Waals surface area contributed by atoms with Gasteiger partial charge in [-0.05, 0) is 53.6 Å². The zero-order chi connectivity index (χ0) is 20.7. The first-order valence-corrected chi connectivity index (χ1v) is 11.0. The fraction of sp³-hybridized carbons (Fsp3) is 0.167. The zero-order valence-corrected chi connectivity index (χ0v) is 17.7. The summed E-state index contributed by atoms with van der Waals surface area (Å²) in [5, 5.41) is 1.53. The molecule has 0 radical (unpaired) electrons. The third kappa shape index (κ3) is 3.34. The van der Waals surface area contributed by atoms with Crippen molar-refractivity contribution in [3.63, 3.8) is 0 Å². The molecule has 150 valence electrons. The first kappa shape index (κ1) is 19.1. The second kappa shape index (κ2) is 7.74. The molecule has 0 amide bonds. The Morgan fingerprint density at radius 1 is 1.10 bits per heavy atom. The lowest BCUT2D eigenvalue weighted by Gasteiger charge is -2.11. The molecule has 4 nitrogen and oxygen atoms in total. The summed E-state index contributed by atoms with van der Waals surface area (Å²) in [6.07, 6.45) is 2.98. The van der Waals surface area contributed by atoms with E-state index in [1.54, 1.807) is 0 Å². The van der Waals surface area contributed by atoms with Crippen LogP contribution < -0.4 is 5.73 Å². The van der Waals surface area contributed by atoms with Gasteiger partial charge in [-0.25, -0.2) is 9.78 Å². The molecule has 2 aromatic carbocycles. The Balaban J connectivity index is 1.59. The van der Waals surface area contributed by atoms with E-state index in [0.29, 0.717) is 15.6 Å². The largest absolute Gasteiger partial charge is 0.457 e. The van der Waals surface area contributed by atoms with Gasteiger partial charge in [0.2, 0.25) is 0 Å². The van der Waals surface area contributed by atoms with Crippen LogP contribution >= 0.6 is 22.9 Å². The number of hydrogen-bond donors (Lipinski definition) is 1. The highest BCUT2D eigenvalue weighted by molar-refractivity contribution is 7.21. The van der Waals surface area contributed by atoms with Crippen LogP contribution in [0.15, 0.2) is 54.6 Å². The Bertz CT molecular complexity index is 1250. The number of pyridine rings is 1. The molecule has 2 aromatic heterocycles. The smallest absolute Gasteiger partial charge is 0.350 e. The Hall–Kier alpha value is -2.89. The zero-order valence-electron chi connectivity index (χ0n) is 16.2. The molecule has 0 saturated heterocycles. The van der Waals surface area contributed by atoms with E-state index in [9.17, 15) is 4.79 Å². The van der Waals surface area contributed by atoms with E-state index in [1.807, 2.05) is 54.6 Å². The monoisotopic (exact) mass is 434 g/mol. The Morgan fingerprint density at radius 3 is 2.63 bits per heavy atom. The van der Waals surface area contributed by atoms with E-state index in [1.165, 1.54) is 16.9 Å². The first-order chi connectivity index (χ1) is 14.6. The van der Waals surface area contributed by atoms with Crippen molar-refractivity contribution in [1.29, 1.82) is 0 Å². The summed E-state index contributed by atoms with van der Waals surface area (Å²) in [5.74, 6) is -0.415. The van der Waals surface area contributed by atoms with E-state index in [2.05, 4.69) is 0 Å². The predicted octanol–water partition coefficient (Wildman–Crippen LogP) is 6.04. The van der Waals surface area contributed by atoms with Gasteiger partial charge in [0.05, 0.1) is 5.69 Å². The second-order valence-electron chi connectivity index (χ2n) is 7.36. The Labute approximate surface area is 183 Å². The van der Waals surface area contributed by atoms with Gasteiger partial charge >= 0.3 is 5.97 Å². The molecule has 30 heavy (non-hydrogen) atoms. The SMILES string of the molecule is Nc1c(C(=O)OCc2ccccc2)sc2nc3c(c(-c4ccc(Cl)cc4)c12)CCC3. The predicted molar refractivity (Wildman–Crippen MR) is 122 cm³/mol. The number of aryl methyl sites for hydroxylation is 1. The van der Waals surface area contributed by atoms with Crippen LogP contribution in [-0.2, 0) is 24.2 Å². The molecule has 0 bridgehead atoms. The number of fused-ring (bicyclic) bond motifs is 2. The maximum absolute atomic E-state index is 12.8. The quantitative estimate of drug-likeness (QED) is 0.397. The molecule has 5 rings (SSSR count). The fourth-order valence-electron chi connectivity index (χ4n) is 4.02. The van der Waals surface area contributed by atoms with Gasteiger partial charge in [-0.15, -0.1) is 11.3 Å². The number of hydrogen-bond acceptors (Lipinski definition) is 5. The molecule has 0 saturated carbocycles. The summed E-state index contributed by atoms with van der Waals surface area (Å²) in [6.45, 7) is 0.210. The van der Waals surface area contributed by atoms with Crippen LogP contribution in [0.25, 0.3) is 21.3 Å². The van der Waals surface area contributed by atoms with Crippen molar-refractivity contribution in [2.75, 3.05) is 5.73 Å². The van der Waals surface area contributed by atoms with Crippen molar-refractivity contribution in [3.05, 3.63) is 81.3 Å². The van der Waals surface area contributed by atoms with Gasteiger partial charge in [-0.3, -0.25) is 0 Å². The highest BCUT2D eigenvalue weighted by Gasteiger charge is 2.27. The molecule has 2 N–H and O–H groups in total. The van der Waals surface area contributed by atoms with Crippen molar-refractivity contribution in [1.82, 2.24) is 4.98 Å². The van der Waals surface area contributed by atoms with Crippen molar-refractivity contribution in [3.8, 4) is 11.1 Å². The molecule has 0 atom stereocenters. The van der Waals surface area contributed by atoms with Crippen molar-refractivity contribution in [2.45, 2.75) is 25.9 Å². The summed E-state index contributed by atoms with van der Waals surface area (Å²) >= 11 is 7.41. The van der Waals surface area contributed by atoms with Crippen LogP contribution in [-0.4, -0.2) is 11.0 Å². The minimum atomic E-state index is -0.415. The molecule has 1 aliphatic rings. The van der Waals surface area contributed by atoms with Gasteiger partial charge < -0.3 is 10.5 Å². The number of nitrogen functional groups attached to an aromatic ring is 1. The van der Waals surface area contributed by atoms with Crippen LogP contribution in [0, 0.1) is 0 Å². The summed E-state index contributed by atoms with van der Waals surface area (Å²) in [5.41, 5.74) is 12.3. The number of nitrogens with zero attached hydrogens (tertiary/aromatic N) is 1. The molecule has 4 aromatic rings. The van der Waals surface area contributed by atoms with Gasteiger partial charge in [-0.2, -0.15) is 0 Å². The van der Waals surface area contributed by atoms with Crippen LogP contribution in [0.5, 0.6) is 0 Å². The highest BCUT2D eigenvalue weighted by atomic mass is 35.5. The van der Waals surface area contributed by atoms with E-state index < -0.39 is 5.97 Å². The average molecular weight is 435 g/mol. The molecule has 0 fully saturated rings. The number of rotatable bonds is 4. The van der Waals surface area contributed by atoms with Gasteiger partial charge in [0.25, 0.3) is 0 Å². The second-order valence-corrected chi connectivity index (χ2v) is 8.79. The van der Waals surface area contributed by atoms with E-state index in [-0.39, 0.29) is 6.61 Å². The number of aromatic nitrogens is 1. The number of halogens is 1. The van der Waals surface area contributed by atoms with Gasteiger partial charge in [0.1, 0.15) is 16.3 Å². The van der Waals surface area contributed by atoms with Gasteiger partial charge in [0.15, 0.2) is 0 Å². The summed E-state index contributed by atoms with van der Waals surface area (Å²) in [4.78, 5) is 18.9. The maximum atomic E-state index is 12.8. The van der Waals surface area contributed by atoms with Gasteiger partial charge in [-0.1, -0.05) is 54.1 Å². The minimum absolute atomic E-state index is 0.210. The molecule has 0 unspecified atom stereocenters. The molecular formula is C24H19ClN2O2S. The molecule has 1 aliphatic carbocycles. The number of esters is 1. The third-order valence-electron chi connectivity index (χ3n) is 5.43. The van der Waals surface area contributed by atoms with Crippen molar-refractivity contribution in [2.24, 2.45) is 0 Å². The summed E-state index contributed by atoms with van der Waals surface area (Å²) < 4.78 is 5.53. The van der Waals surface area contributed by atoms with E-state index in [0.717, 1.165) is 51.9 Å². The number of ether oxygens (including phenoxy) is 1. The molecule has 0 spiro atoms. The molecule has 2 heterocycles. The number of carbonyl (C=O) groups excluding carboxylic acids is 1. The van der Waals surface area contributed by atoms with Crippen LogP contribution in [0.1, 0.15) is 32.9 Å². The molecule has 0 aliphatic heterocycles. The topological polar surface area (TPSA) is 65.2 Å². The van der Waals surface area contributed by atoms with Crippen LogP contribution in [0.4, 0.5) is 5.69 Å². The first-order valence-electron chi connectivity index (χ1n) is 9.82. The minimum Gasteiger partial charge on any atom is -0.457 e. The van der Waals surface area contributed by atoms with Crippen LogP contribution in [0.2, 0.25) is 5.02 Å². The van der Waals surface area contributed by atoms with E-state index >= 15 is 0 Å². The lowest BCUT2D eigenvalue weighted by Crippen LogP contribution is -2.05. The summed E-state index contributed by atoms with van der Waals surface area (Å²) in [7, 11) is 0. The van der Waals surface area contributed by atoms with E-state index in [4.69, 9.17) is 27.1 Å². The molecule has 6 heteroatoms.